The number of carboxylic acids is 2. The first-order valence-corrected chi connectivity index (χ1v) is 11.8. The second-order valence-electron chi connectivity index (χ2n) is 8.08. The molecule has 0 bridgehead atoms. The molecule has 0 radical (unpaired) electrons. The molecule has 0 saturated carbocycles. The van der Waals surface area contributed by atoms with Crippen molar-refractivity contribution in [2.75, 3.05) is 55.6 Å². The lowest BCUT2D eigenvalue weighted by molar-refractivity contribution is -0.159. The molecule has 9 heteroatoms. The lowest BCUT2D eigenvalue weighted by atomic mass is 10.2. The van der Waals surface area contributed by atoms with Crippen LogP contribution in [0.15, 0.2) is 42.5 Å². The van der Waals surface area contributed by atoms with Gasteiger partial charge in [0.2, 0.25) is 0 Å². The third-order valence-electron chi connectivity index (χ3n) is 5.96. The van der Waals surface area contributed by atoms with E-state index in [0.717, 1.165) is 31.9 Å². The Morgan fingerprint density at radius 2 is 1.42 bits per heavy atom. The van der Waals surface area contributed by atoms with Crippen molar-refractivity contribution >= 4 is 46.5 Å². The van der Waals surface area contributed by atoms with Crippen LogP contribution < -0.4 is 9.80 Å². The van der Waals surface area contributed by atoms with Crippen molar-refractivity contribution in [2.24, 2.45) is 0 Å². The number of benzene rings is 2. The first kappa shape index (κ1) is 25.1. The Balaban J connectivity index is 0.000000454. The molecule has 2 aromatic carbocycles. The maximum Gasteiger partial charge on any atom is 0.414 e. The molecule has 0 atom stereocenters. The highest BCUT2D eigenvalue weighted by molar-refractivity contribution is 6.43. The Kier molecular flexibility index (Phi) is 9.23. The Hall–Kier alpha value is -2.48. The second kappa shape index (κ2) is 12.1. The summed E-state index contributed by atoms with van der Waals surface area (Å²) in [5, 5.41) is 16.1. The SMILES string of the molecule is Clc1cccc(N2CCN(CCCCN3CCc4ccccc43)CC2)c1Cl.O=C(O)C(=O)O. The van der Waals surface area contributed by atoms with Gasteiger partial charge in [0.1, 0.15) is 0 Å². The normalized spacial score (nSPS) is 15.6. The zero-order valence-electron chi connectivity index (χ0n) is 18.4. The van der Waals surface area contributed by atoms with Crippen LogP contribution in [0.2, 0.25) is 10.0 Å². The number of carboxylic acid groups (broad SMARTS) is 2. The molecule has 2 aromatic rings. The Morgan fingerprint density at radius 1 is 0.788 bits per heavy atom. The molecule has 2 aliphatic rings. The molecule has 0 spiro atoms. The van der Waals surface area contributed by atoms with Crippen LogP contribution in [0.25, 0.3) is 0 Å². The number of piperazine rings is 1. The highest BCUT2D eigenvalue weighted by Gasteiger charge is 2.20. The number of carbonyl (C=O) groups is 2. The summed E-state index contributed by atoms with van der Waals surface area (Å²) < 4.78 is 0. The van der Waals surface area contributed by atoms with Crippen molar-refractivity contribution in [3.05, 3.63) is 58.1 Å². The molecule has 0 amide bonds. The molecule has 0 aliphatic carbocycles. The van der Waals surface area contributed by atoms with Crippen LogP contribution in [0, 0.1) is 0 Å². The smallest absolute Gasteiger partial charge is 0.414 e. The molecule has 0 unspecified atom stereocenters. The predicted octanol–water partition coefficient (Wildman–Crippen LogP) is 4.11. The maximum absolute atomic E-state index is 9.10. The van der Waals surface area contributed by atoms with Gasteiger partial charge in [0.15, 0.2) is 0 Å². The molecule has 0 aromatic heterocycles. The minimum Gasteiger partial charge on any atom is -0.473 e. The summed E-state index contributed by atoms with van der Waals surface area (Å²) in [4.78, 5) is 25.7. The van der Waals surface area contributed by atoms with E-state index in [1.165, 1.54) is 50.1 Å². The molecule has 1 fully saturated rings. The number of rotatable bonds is 6. The van der Waals surface area contributed by atoms with Crippen LogP contribution in [0.5, 0.6) is 0 Å². The molecular weight excluding hydrogens is 465 g/mol. The number of fused-ring (bicyclic) bond motifs is 1. The quantitative estimate of drug-likeness (QED) is 0.462. The molecule has 2 N–H and O–H groups in total. The predicted molar refractivity (Wildman–Crippen MR) is 132 cm³/mol. The van der Waals surface area contributed by atoms with Gasteiger partial charge in [-0.3, -0.25) is 4.90 Å². The third kappa shape index (κ3) is 7.00. The van der Waals surface area contributed by atoms with Gasteiger partial charge in [-0.2, -0.15) is 0 Å². The summed E-state index contributed by atoms with van der Waals surface area (Å²) >= 11 is 12.5. The second-order valence-corrected chi connectivity index (χ2v) is 8.87. The Bertz CT molecular complexity index is 952. The number of aliphatic carboxylic acids is 2. The summed E-state index contributed by atoms with van der Waals surface area (Å²) in [6, 6.07) is 14.7. The number of nitrogens with zero attached hydrogens (tertiary/aromatic N) is 3. The zero-order chi connectivity index (χ0) is 23.8. The van der Waals surface area contributed by atoms with Gasteiger partial charge in [-0.1, -0.05) is 47.5 Å². The monoisotopic (exact) mass is 493 g/mol. The Labute approximate surface area is 204 Å². The van der Waals surface area contributed by atoms with Crippen molar-refractivity contribution in [2.45, 2.75) is 19.3 Å². The highest BCUT2D eigenvalue weighted by Crippen LogP contribution is 2.33. The molecule has 7 nitrogen and oxygen atoms in total. The van der Waals surface area contributed by atoms with E-state index in [2.05, 4.69) is 45.0 Å². The van der Waals surface area contributed by atoms with Crippen LogP contribution in [-0.2, 0) is 16.0 Å². The first-order valence-electron chi connectivity index (χ1n) is 11.1. The van der Waals surface area contributed by atoms with E-state index in [9.17, 15) is 0 Å². The van der Waals surface area contributed by atoms with E-state index in [1.807, 2.05) is 12.1 Å². The van der Waals surface area contributed by atoms with E-state index < -0.39 is 11.9 Å². The average molecular weight is 494 g/mol. The number of hydrogen-bond donors (Lipinski definition) is 2. The lowest BCUT2D eigenvalue weighted by Gasteiger charge is -2.36. The summed E-state index contributed by atoms with van der Waals surface area (Å²) in [5.74, 6) is -3.65. The molecular formula is C24H29Cl2N3O4. The summed E-state index contributed by atoms with van der Waals surface area (Å²) in [6.07, 6.45) is 3.72. The van der Waals surface area contributed by atoms with Crippen molar-refractivity contribution in [1.29, 1.82) is 0 Å². The fourth-order valence-corrected chi connectivity index (χ4v) is 4.64. The van der Waals surface area contributed by atoms with Crippen molar-refractivity contribution in [1.82, 2.24) is 4.90 Å². The molecule has 178 valence electrons. The van der Waals surface area contributed by atoms with Gasteiger partial charge >= 0.3 is 11.9 Å². The molecule has 1 saturated heterocycles. The van der Waals surface area contributed by atoms with E-state index in [4.69, 9.17) is 43.0 Å². The van der Waals surface area contributed by atoms with E-state index in [0.29, 0.717) is 10.0 Å². The number of para-hydroxylation sites is 1. The molecule has 2 heterocycles. The number of unbranched alkanes of at least 4 members (excludes halogenated alkanes) is 1. The van der Waals surface area contributed by atoms with Crippen molar-refractivity contribution in [3.63, 3.8) is 0 Å². The summed E-state index contributed by atoms with van der Waals surface area (Å²) in [5.41, 5.74) is 4.02. The van der Waals surface area contributed by atoms with Crippen molar-refractivity contribution < 1.29 is 19.8 Å². The van der Waals surface area contributed by atoms with Gasteiger partial charge in [-0.05, 0) is 49.6 Å². The number of halogens is 2. The molecule has 4 rings (SSSR count). The minimum absolute atomic E-state index is 0.639. The summed E-state index contributed by atoms with van der Waals surface area (Å²) in [6.45, 7) is 7.75. The van der Waals surface area contributed by atoms with Crippen molar-refractivity contribution in [3.8, 4) is 0 Å². The van der Waals surface area contributed by atoms with Gasteiger partial charge in [-0.25, -0.2) is 9.59 Å². The number of hydrogen-bond acceptors (Lipinski definition) is 5. The number of anilines is 2. The average Bonchev–Trinajstić information content (AvgIpc) is 3.22. The van der Waals surface area contributed by atoms with Gasteiger partial charge in [0.25, 0.3) is 0 Å². The van der Waals surface area contributed by atoms with Crippen LogP contribution in [0.4, 0.5) is 11.4 Å². The van der Waals surface area contributed by atoms with Gasteiger partial charge in [0, 0.05) is 45.0 Å². The Morgan fingerprint density at radius 3 is 2.12 bits per heavy atom. The van der Waals surface area contributed by atoms with E-state index >= 15 is 0 Å². The van der Waals surface area contributed by atoms with Gasteiger partial charge in [0.05, 0.1) is 15.7 Å². The summed E-state index contributed by atoms with van der Waals surface area (Å²) in [7, 11) is 0. The highest BCUT2D eigenvalue weighted by atomic mass is 35.5. The largest absolute Gasteiger partial charge is 0.473 e. The van der Waals surface area contributed by atoms with Crippen LogP contribution in [-0.4, -0.2) is 72.9 Å². The minimum atomic E-state index is -1.82. The van der Waals surface area contributed by atoms with Crippen LogP contribution in [0.3, 0.4) is 0 Å². The van der Waals surface area contributed by atoms with Gasteiger partial charge < -0.3 is 20.0 Å². The van der Waals surface area contributed by atoms with Crippen LogP contribution >= 0.6 is 23.2 Å². The first-order chi connectivity index (χ1) is 15.9. The molecule has 33 heavy (non-hydrogen) atoms. The van der Waals surface area contributed by atoms with Gasteiger partial charge in [-0.15, -0.1) is 0 Å². The van der Waals surface area contributed by atoms with Crippen LogP contribution in [0.1, 0.15) is 18.4 Å². The third-order valence-corrected chi connectivity index (χ3v) is 6.77. The maximum atomic E-state index is 9.10. The van der Waals surface area contributed by atoms with E-state index in [-0.39, 0.29) is 0 Å². The fourth-order valence-electron chi connectivity index (χ4n) is 4.23. The molecule has 2 aliphatic heterocycles. The fraction of sp³-hybridized carbons (Fsp3) is 0.417. The lowest BCUT2D eigenvalue weighted by Crippen LogP contribution is -2.46. The topological polar surface area (TPSA) is 84.3 Å². The standard InChI is InChI=1S/C22H27Cl2N3.C2H2O4/c23-19-7-5-9-21(22(19)24)27-16-14-25(15-17-27)11-3-4-12-26-13-10-18-6-1-2-8-20(18)26;3-1(4)2(5)6/h1-2,5-9H,3-4,10-17H2;(H,3,4)(H,5,6). The zero-order valence-corrected chi connectivity index (χ0v) is 19.9. The van der Waals surface area contributed by atoms with E-state index in [1.54, 1.807) is 0 Å².